The average Bonchev–Trinajstić information content (AvgIpc) is 2.67. The zero-order valence-corrected chi connectivity index (χ0v) is 14.0. The van der Waals surface area contributed by atoms with Crippen LogP contribution < -0.4 is 5.32 Å². The molecule has 126 valence electrons. The molecule has 2 aromatic carbocycles. The number of benzene rings is 2. The predicted octanol–water partition coefficient (Wildman–Crippen LogP) is 3.75. The van der Waals surface area contributed by atoms with E-state index in [-0.39, 0.29) is 11.8 Å². The number of ether oxygens (including phenoxy) is 1. The van der Waals surface area contributed by atoms with E-state index in [9.17, 15) is 4.79 Å². The van der Waals surface area contributed by atoms with Crippen LogP contribution in [0.15, 0.2) is 60.7 Å². The van der Waals surface area contributed by atoms with E-state index >= 15 is 0 Å². The topological polar surface area (TPSA) is 38.3 Å². The molecule has 0 saturated carbocycles. The lowest BCUT2D eigenvalue weighted by molar-refractivity contribution is -0.127. The van der Waals surface area contributed by atoms with Gasteiger partial charge in [0.05, 0.1) is 0 Å². The summed E-state index contributed by atoms with van der Waals surface area (Å²) in [6.07, 6.45) is 2.59. The minimum atomic E-state index is 0.116. The molecule has 1 aliphatic rings. The molecular formula is C21H25NO2. The van der Waals surface area contributed by atoms with Crippen LogP contribution in [-0.4, -0.2) is 25.7 Å². The first kappa shape index (κ1) is 16.7. The minimum Gasteiger partial charge on any atom is -0.381 e. The molecule has 0 aromatic heterocycles. The summed E-state index contributed by atoms with van der Waals surface area (Å²) in [7, 11) is 0. The quantitative estimate of drug-likeness (QED) is 0.879. The summed E-state index contributed by atoms with van der Waals surface area (Å²) >= 11 is 0. The van der Waals surface area contributed by atoms with Gasteiger partial charge in [-0.3, -0.25) is 4.79 Å². The number of rotatable bonds is 6. The number of hydrogen-bond donors (Lipinski definition) is 1. The highest BCUT2D eigenvalue weighted by Gasteiger charge is 2.21. The molecule has 0 aliphatic carbocycles. The van der Waals surface area contributed by atoms with Crippen LogP contribution in [0.3, 0.4) is 0 Å². The Morgan fingerprint density at radius 2 is 1.50 bits per heavy atom. The van der Waals surface area contributed by atoms with E-state index in [1.807, 2.05) is 12.1 Å². The van der Waals surface area contributed by atoms with Gasteiger partial charge in [-0.25, -0.2) is 0 Å². The van der Waals surface area contributed by atoms with Crippen molar-refractivity contribution in [2.75, 3.05) is 19.8 Å². The Kier molecular flexibility index (Phi) is 6.02. The fourth-order valence-electron chi connectivity index (χ4n) is 3.34. The van der Waals surface area contributed by atoms with E-state index < -0.39 is 0 Å². The van der Waals surface area contributed by atoms with Crippen LogP contribution in [0.2, 0.25) is 0 Å². The molecular weight excluding hydrogens is 298 g/mol. The Labute approximate surface area is 144 Å². The van der Waals surface area contributed by atoms with Crippen molar-refractivity contribution in [3.8, 4) is 0 Å². The van der Waals surface area contributed by atoms with Crippen LogP contribution in [-0.2, 0) is 9.53 Å². The maximum atomic E-state index is 12.3. The highest BCUT2D eigenvalue weighted by molar-refractivity contribution is 5.78. The normalized spacial score (nSPS) is 15.4. The molecule has 1 saturated heterocycles. The Balaban J connectivity index is 1.61. The molecule has 1 fully saturated rings. The van der Waals surface area contributed by atoms with Gasteiger partial charge in [0.1, 0.15) is 0 Å². The van der Waals surface area contributed by atoms with Crippen molar-refractivity contribution in [2.45, 2.75) is 25.2 Å². The highest BCUT2D eigenvalue weighted by atomic mass is 16.5. The molecule has 0 unspecified atom stereocenters. The van der Waals surface area contributed by atoms with Crippen molar-refractivity contribution in [3.05, 3.63) is 71.8 Å². The van der Waals surface area contributed by atoms with E-state index in [4.69, 9.17) is 4.74 Å². The third kappa shape index (κ3) is 4.45. The first-order valence-corrected chi connectivity index (χ1v) is 8.80. The van der Waals surface area contributed by atoms with Crippen molar-refractivity contribution >= 4 is 5.91 Å². The largest absolute Gasteiger partial charge is 0.381 e. The summed E-state index contributed by atoms with van der Waals surface area (Å²) in [4.78, 5) is 12.3. The number of nitrogens with one attached hydrogen (secondary N) is 1. The first-order valence-electron chi connectivity index (χ1n) is 8.80. The molecule has 24 heavy (non-hydrogen) atoms. The number of carbonyl (C=O) groups is 1. The highest BCUT2D eigenvalue weighted by Crippen LogP contribution is 2.27. The summed E-state index contributed by atoms with van der Waals surface area (Å²) in [6.45, 7) is 2.11. The summed E-state index contributed by atoms with van der Waals surface area (Å²) < 4.78 is 5.33. The van der Waals surface area contributed by atoms with Crippen molar-refractivity contribution < 1.29 is 9.53 Å². The van der Waals surface area contributed by atoms with Gasteiger partial charge >= 0.3 is 0 Å². The van der Waals surface area contributed by atoms with Crippen molar-refractivity contribution in [1.82, 2.24) is 5.32 Å². The standard InChI is InChI=1S/C21H25NO2/c23-21(19-12-15-24-16-13-19)22-14-11-20(17-7-3-1-4-8-17)18-9-5-2-6-10-18/h1-10,19-20H,11-16H2,(H,22,23). The first-order chi connectivity index (χ1) is 11.8. The van der Waals surface area contributed by atoms with Gasteiger partial charge < -0.3 is 10.1 Å². The number of carbonyl (C=O) groups excluding carboxylic acids is 1. The Morgan fingerprint density at radius 1 is 0.958 bits per heavy atom. The van der Waals surface area contributed by atoms with E-state index in [0.717, 1.165) is 19.3 Å². The predicted molar refractivity (Wildman–Crippen MR) is 95.9 cm³/mol. The second-order valence-corrected chi connectivity index (χ2v) is 6.34. The number of hydrogen-bond acceptors (Lipinski definition) is 2. The van der Waals surface area contributed by atoms with E-state index in [1.165, 1.54) is 11.1 Å². The molecule has 1 aliphatic heterocycles. The van der Waals surface area contributed by atoms with Gasteiger partial charge in [0.2, 0.25) is 5.91 Å². The van der Waals surface area contributed by atoms with Crippen molar-refractivity contribution in [3.63, 3.8) is 0 Å². The van der Waals surface area contributed by atoms with Crippen LogP contribution >= 0.6 is 0 Å². The molecule has 1 N–H and O–H groups in total. The third-order valence-corrected chi connectivity index (χ3v) is 4.73. The molecule has 2 aromatic rings. The molecule has 0 radical (unpaired) electrons. The minimum absolute atomic E-state index is 0.116. The lowest BCUT2D eigenvalue weighted by Gasteiger charge is -2.22. The maximum absolute atomic E-state index is 12.3. The fraction of sp³-hybridized carbons (Fsp3) is 0.381. The SMILES string of the molecule is O=C(NCCC(c1ccccc1)c1ccccc1)C1CCOCC1. The number of amides is 1. The molecule has 0 spiro atoms. The molecule has 0 atom stereocenters. The van der Waals surface area contributed by atoms with E-state index in [0.29, 0.717) is 25.7 Å². The van der Waals surface area contributed by atoms with Gasteiger partial charge in [0.15, 0.2) is 0 Å². The van der Waals surface area contributed by atoms with Crippen LogP contribution in [0.4, 0.5) is 0 Å². The Hall–Kier alpha value is -2.13. The van der Waals surface area contributed by atoms with Gasteiger partial charge in [0, 0.05) is 31.6 Å². The van der Waals surface area contributed by atoms with Crippen LogP contribution in [0.5, 0.6) is 0 Å². The van der Waals surface area contributed by atoms with Crippen LogP contribution in [0, 0.1) is 5.92 Å². The summed E-state index contributed by atoms with van der Waals surface area (Å²) in [5, 5.41) is 3.13. The van der Waals surface area contributed by atoms with Crippen LogP contribution in [0.1, 0.15) is 36.3 Å². The Morgan fingerprint density at radius 3 is 2.04 bits per heavy atom. The summed E-state index contributed by atoms with van der Waals surface area (Å²) in [6, 6.07) is 21.0. The fourth-order valence-corrected chi connectivity index (χ4v) is 3.34. The van der Waals surface area contributed by atoms with Gasteiger partial charge in [-0.05, 0) is 30.4 Å². The maximum Gasteiger partial charge on any atom is 0.223 e. The van der Waals surface area contributed by atoms with Crippen LogP contribution in [0.25, 0.3) is 0 Å². The van der Waals surface area contributed by atoms with Crippen molar-refractivity contribution in [2.24, 2.45) is 5.92 Å². The molecule has 1 amide bonds. The summed E-state index contributed by atoms with van der Waals surface area (Å²) in [5.41, 5.74) is 2.59. The van der Waals surface area contributed by atoms with Gasteiger partial charge in [-0.15, -0.1) is 0 Å². The zero-order chi connectivity index (χ0) is 16.6. The summed E-state index contributed by atoms with van der Waals surface area (Å²) in [5.74, 6) is 0.603. The lowest BCUT2D eigenvalue weighted by atomic mass is 9.88. The second kappa shape index (κ2) is 8.65. The smallest absolute Gasteiger partial charge is 0.223 e. The average molecular weight is 323 g/mol. The molecule has 1 heterocycles. The van der Waals surface area contributed by atoms with Gasteiger partial charge in [0.25, 0.3) is 0 Å². The molecule has 3 rings (SSSR count). The van der Waals surface area contributed by atoms with Gasteiger partial charge in [-0.1, -0.05) is 60.7 Å². The molecule has 0 bridgehead atoms. The lowest BCUT2D eigenvalue weighted by Crippen LogP contribution is -2.35. The third-order valence-electron chi connectivity index (χ3n) is 4.73. The second-order valence-electron chi connectivity index (χ2n) is 6.34. The van der Waals surface area contributed by atoms with Gasteiger partial charge in [-0.2, -0.15) is 0 Å². The van der Waals surface area contributed by atoms with E-state index in [2.05, 4.69) is 53.8 Å². The monoisotopic (exact) mass is 323 g/mol. The molecule has 3 heteroatoms. The Bertz CT molecular complexity index is 581. The van der Waals surface area contributed by atoms with E-state index in [1.54, 1.807) is 0 Å². The molecule has 3 nitrogen and oxygen atoms in total. The van der Waals surface area contributed by atoms with Crippen molar-refractivity contribution in [1.29, 1.82) is 0 Å². The zero-order valence-electron chi connectivity index (χ0n) is 14.0.